The number of rotatable bonds is 2. The van der Waals surface area contributed by atoms with Crippen molar-refractivity contribution in [1.29, 1.82) is 0 Å². The normalized spacial score (nSPS) is 26.3. The van der Waals surface area contributed by atoms with E-state index in [1.165, 1.54) is 6.42 Å². The van der Waals surface area contributed by atoms with Crippen molar-refractivity contribution in [3.63, 3.8) is 0 Å². The number of amides is 1. The van der Waals surface area contributed by atoms with Gasteiger partial charge in [0.1, 0.15) is 0 Å². The Balaban J connectivity index is 1.67. The number of hydrogen-bond acceptors (Lipinski definition) is 2. The van der Waals surface area contributed by atoms with Gasteiger partial charge in [-0.15, -0.1) is 0 Å². The highest BCUT2D eigenvalue weighted by molar-refractivity contribution is 9.10. The molecule has 0 radical (unpaired) electrons. The molecule has 1 aliphatic heterocycles. The molecule has 1 aromatic carbocycles. The molecule has 0 aromatic heterocycles. The second-order valence-electron chi connectivity index (χ2n) is 5.30. The summed E-state index contributed by atoms with van der Waals surface area (Å²) in [7, 11) is 0. The second kappa shape index (κ2) is 5.63. The third kappa shape index (κ3) is 2.84. The van der Waals surface area contributed by atoms with E-state index in [4.69, 9.17) is 4.74 Å². The Morgan fingerprint density at radius 2 is 2.11 bits per heavy atom. The van der Waals surface area contributed by atoms with Gasteiger partial charge in [0.05, 0.1) is 25.2 Å². The number of halogens is 1. The van der Waals surface area contributed by atoms with Crippen LogP contribution in [0.1, 0.15) is 24.8 Å². The van der Waals surface area contributed by atoms with Crippen LogP contribution >= 0.6 is 15.9 Å². The van der Waals surface area contributed by atoms with Crippen LogP contribution in [-0.2, 0) is 16.0 Å². The van der Waals surface area contributed by atoms with E-state index in [-0.39, 0.29) is 12.0 Å². The Labute approximate surface area is 122 Å². The van der Waals surface area contributed by atoms with Gasteiger partial charge in [0.2, 0.25) is 5.91 Å². The van der Waals surface area contributed by atoms with E-state index < -0.39 is 0 Å². The third-order valence-corrected chi connectivity index (χ3v) is 4.60. The molecule has 3 rings (SSSR count). The highest BCUT2D eigenvalue weighted by Crippen LogP contribution is 2.30. The summed E-state index contributed by atoms with van der Waals surface area (Å²) in [6.07, 6.45) is 4.15. The van der Waals surface area contributed by atoms with Crippen molar-refractivity contribution in [1.82, 2.24) is 4.90 Å². The highest BCUT2D eigenvalue weighted by Gasteiger charge is 2.38. The van der Waals surface area contributed by atoms with E-state index in [0.29, 0.717) is 19.1 Å². The van der Waals surface area contributed by atoms with Crippen LogP contribution in [0.5, 0.6) is 0 Å². The van der Waals surface area contributed by atoms with Gasteiger partial charge in [-0.1, -0.05) is 28.1 Å². The zero-order valence-electron chi connectivity index (χ0n) is 10.8. The molecule has 2 fully saturated rings. The van der Waals surface area contributed by atoms with Crippen molar-refractivity contribution in [3.8, 4) is 0 Å². The van der Waals surface area contributed by atoms with Crippen molar-refractivity contribution in [2.24, 2.45) is 0 Å². The Bertz CT molecular complexity index is 460. The summed E-state index contributed by atoms with van der Waals surface area (Å²) >= 11 is 3.41. The molecule has 3 nitrogen and oxygen atoms in total. The lowest BCUT2D eigenvalue weighted by Gasteiger charge is -2.37. The largest absolute Gasteiger partial charge is 0.374 e. The number of carbonyl (C=O) groups excluding carboxylic acids is 1. The summed E-state index contributed by atoms with van der Waals surface area (Å²) in [5.41, 5.74) is 1.08. The van der Waals surface area contributed by atoms with E-state index in [1.54, 1.807) is 0 Å². The lowest BCUT2D eigenvalue weighted by molar-refractivity contribution is -0.143. The maximum atomic E-state index is 12.5. The molecule has 0 bridgehead atoms. The van der Waals surface area contributed by atoms with Crippen molar-refractivity contribution < 1.29 is 9.53 Å². The van der Waals surface area contributed by atoms with E-state index in [0.717, 1.165) is 29.4 Å². The summed E-state index contributed by atoms with van der Waals surface area (Å²) in [6.45, 7) is 1.43. The zero-order chi connectivity index (χ0) is 13.2. The van der Waals surface area contributed by atoms with Crippen LogP contribution in [0.3, 0.4) is 0 Å². The van der Waals surface area contributed by atoms with Crippen LogP contribution in [0.4, 0.5) is 0 Å². The van der Waals surface area contributed by atoms with Gasteiger partial charge in [-0.2, -0.15) is 0 Å². The molecule has 19 heavy (non-hydrogen) atoms. The summed E-state index contributed by atoms with van der Waals surface area (Å²) < 4.78 is 6.80. The number of ether oxygens (including phenoxy) is 1. The van der Waals surface area contributed by atoms with Gasteiger partial charge in [-0.05, 0) is 37.0 Å². The van der Waals surface area contributed by atoms with Crippen LogP contribution in [0.15, 0.2) is 28.7 Å². The SMILES string of the molecule is O=C(Cc1ccc(Br)cc1)N1CCO[C@@H]2CCC[C@@H]21. The number of carbonyl (C=O) groups is 1. The van der Waals surface area contributed by atoms with Gasteiger partial charge in [0, 0.05) is 11.0 Å². The first kappa shape index (κ1) is 13.1. The van der Waals surface area contributed by atoms with Crippen LogP contribution in [0, 0.1) is 0 Å². The van der Waals surface area contributed by atoms with Crippen molar-refractivity contribution in [3.05, 3.63) is 34.3 Å². The van der Waals surface area contributed by atoms with Crippen LogP contribution in [0.2, 0.25) is 0 Å². The molecule has 2 atom stereocenters. The first-order valence-electron chi connectivity index (χ1n) is 6.89. The summed E-state index contributed by atoms with van der Waals surface area (Å²) in [5.74, 6) is 0.238. The molecule has 1 saturated heterocycles. The van der Waals surface area contributed by atoms with E-state index in [1.807, 2.05) is 29.2 Å². The predicted octanol–water partition coefficient (Wildman–Crippen LogP) is 2.77. The standard InChI is InChI=1S/C15H18BrNO2/c16-12-6-4-11(5-7-12)10-15(18)17-8-9-19-14-3-1-2-13(14)17/h4-7,13-14H,1-3,8-10H2/t13-,14+/m0/s1. The Kier molecular flexibility index (Phi) is 3.89. The minimum Gasteiger partial charge on any atom is -0.374 e. The van der Waals surface area contributed by atoms with Gasteiger partial charge < -0.3 is 9.64 Å². The molecule has 0 unspecified atom stereocenters. The maximum Gasteiger partial charge on any atom is 0.227 e. The van der Waals surface area contributed by atoms with Gasteiger partial charge >= 0.3 is 0 Å². The van der Waals surface area contributed by atoms with Crippen LogP contribution in [0.25, 0.3) is 0 Å². The van der Waals surface area contributed by atoms with Gasteiger partial charge in [-0.3, -0.25) is 4.79 Å². The van der Waals surface area contributed by atoms with Gasteiger partial charge in [0.15, 0.2) is 0 Å². The minimum absolute atomic E-state index is 0.238. The molecule has 1 amide bonds. The number of hydrogen-bond donors (Lipinski definition) is 0. The smallest absolute Gasteiger partial charge is 0.227 e. The fraction of sp³-hybridized carbons (Fsp3) is 0.533. The zero-order valence-corrected chi connectivity index (χ0v) is 12.4. The lowest BCUT2D eigenvalue weighted by atomic mass is 10.1. The fourth-order valence-electron chi connectivity index (χ4n) is 3.11. The van der Waals surface area contributed by atoms with Crippen molar-refractivity contribution in [2.45, 2.75) is 37.8 Å². The molecular weight excluding hydrogens is 306 g/mol. The topological polar surface area (TPSA) is 29.5 Å². The number of morpholine rings is 1. The van der Waals surface area contributed by atoms with Gasteiger partial charge in [-0.25, -0.2) is 0 Å². The van der Waals surface area contributed by atoms with Gasteiger partial charge in [0.25, 0.3) is 0 Å². The molecule has 4 heteroatoms. The molecule has 0 N–H and O–H groups in total. The van der Waals surface area contributed by atoms with Crippen molar-refractivity contribution >= 4 is 21.8 Å². The van der Waals surface area contributed by atoms with E-state index >= 15 is 0 Å². The summed E-state index contributed by atoms with van der Waals surface area (Å²) in [4.78, 5) is 14.5. The van der Waals surface area contributed by atoms with Crippen molar-refractivity contribution in [2.75, 3.05) is 13.2 Å². The number of nitrogens with zero attached hydrogens (tertiary/aromatic N) is 1. The van der Waals surface area contributed by atoms with Crippen LogP contribution in [-0.4, -0.2) is 36.1 Å². The minimum atomic E-state index is 0.238. The highest BCUT2D eigenvalue weighted by atomic mass is 79.9. The third-order valence-electron chi connectivity index (χ3n) is 4.07. The molecular formula is C15H18BrNO2. The van der Waals surface area contributed by atoms with Crippen LogP contribution < -0.4 is 0 Å². The molecule has 1 heterocycles. The van der Waals surface area contributed by atoms with E-state index in [9.17, 15) is 4.79 Å². The molecule has 1 aromatic rings. The fourth-order valence-corrected chi connectivity index (χ4v) is 3.38. The number of benzene rings is 1. The lowest BCUT2D eigenvalue weighted by Crippen LogP contribution is -2.51. The predicted molar refractivity (Wildman–Crippen MR) is 76.9 cm³/mol. The molecule has 1 saturated carbocycles. The number of fused-ring (bicyclic) bond motifs is 1. The molecule has 102 valence electrons. The monoisotopic (exact) mass is 323 g/mol. The summed E-state index contributed by atoms with van der Waals surface area (Å²) in [5, 5.41) is 0. The molecule has 0 spiro atoms. The summed E-state index contributed by atoms with van der Waals surface area (Å²) in [6, 6.07) is 8.31. The van der Waals surface area contributed by atoms with E-state index in [2.05, 4.69) is 15.9 Å². The average Bonchev–Trinajstić information content (AvgIpc) is 2.89. The molecule has 1 aliphatic carbocycles. The molecule has 2 aliphatic rings. The average molecular weight is 324 g/mol. The maximum absolute atomic E-state index is 12.5. The first-order chi connectivity index (χ1) is 9.24. The quantitative estimate of drug-likeness (QED) is 0.837. The second-order valence-corrected chi connectivity index (χ2v) is 6.21. The first-order valence-corrected chi connectivity index (χ1v) is 7.69. The Morgan fingerprint density at radius 3 is 2.89 bits per heavy atom. The Hall–Kier alpha value is -0.870. The Morgan fingerprint density at radius 1 is 1.32 bits per heavy atom.